The molecule has 8 heteroatoms. The van der Waals surface area contributed by atoms with Gasteiger partial charge in [-0.1, -0.05) is 6.07 Å². The molecule has 2 atom stereocenters. The molecule has 1 amide bonds. The first-order valence-corrected chi connectivity index (χ1v) is 7.01. The van der Waals surface area contributed by atoms with Crippen molar-refractivity contribution in [3.63, 3.8) is 0 Å². The van der Waals surface area contributed by atoms with E-state index in [1.165, 1.54) is 12.7 Å². The van der Waals surface area contributed by atoms with Gasteiger partial charge in [-0.3, -0.25) is 9.36 Å². The van der Waals surface area contributed by atoms with Crippen LogP contribution in [0.5, 0.6) is 0 Å². The lowest BCUT2D eigenvalue weighted by atomic mass is 10.1. The Bertz CT molecular complexity index is 631. The molecule has 1 aliphatic heterocycles. The first kappa shape index (κ1) is 14.6. The molecule has 1 saturated heterocycles. The molecule has 0 aromatic carbocycles. The van der Waals surface area contributed by atoms with Crippen LogP contribution in [0.1, 0.15) is 16.9 Å². The lowest BCUT2D eigenvalue weighted by molar-refractivity contribution is -0.0349. The van der Waals surface area contributed by atoms with Gasteiger partial charge >= 0.3 is 0 Å². The minimum Gasteiger partial charge on any atom is -0.379 e. The van der Waals surface area contributed by atoms with E-state index in [2.05, 4.69) is 20.5 Å². The van der Waals surface area contributed by atoms with E-state index in [0.29, 0.717) is 24.7 Å². The Kier molecular flexibility index (Phi) is 4.40. The van der Waals surface area contributed by atoms with Crippen molar-refractivity contribution in [2.45, 2.75) is 18.6 Å². The van der Waals surface area contributed by atoms with Gasteiger partial charge in [0.1, 0.15) is 24.2 Å². The molecule has 3 rings (SSSR count). The van der Waals surface area contributed by atoms with Crippen molar-refractivity contribution < 1.29 is 14.3 Å². The van der Waals surface area contributed by atoms with Crippen molar-refractivity contribution >= 4 is 5.91 Å². The van der Waals surface area contributed by atoms with Gasteiger partial charge in [0.2, 0.25) is 0 Å². The fourth-order valence-electron chi connectivity index (χ4n) is 2.39. The Hall–Kier alpha value is -2.32. The van der Waals surface area contributed by atoms with Crippen LogP contribution < -0.4 is 5.32 Å². The number of nitrogens with zero attached hydrogens (tertiary/aromatic N) is 4. The molecular weight excluding hydrogens is 286 g/mol. The third kappa shape index (κ3) is 3.12. The van der Waals surface area contributed by atoms with Gasteiger partial charge in [0.05, 0.1) is 18.8 Å². The van der Waals surface area contributed by atoms with Crippen molar-refractivity contribution in [2.75, 3.05) is 20.3 Å². The maximum Gasteiger partial charge on any atom is 0.270 e. The zero-order chi connectivity index (χ0) is 15.4. The van der Waals surface area contributed by atoms with Crippen molar-refractivity contribution in [3.05, 3.63) is 36.5 Å². The SMILES string of the molecule is CO[C@@H]1CCOC[C@H]1NC(=O)c1cccc(-n2cnnc2)n1. The molecule has 116 valence electrons. The summed E-state index contributed by atoms with van der Waals surface area (Å²) in [6.45, 7) is 1.08. The predicted octanol–water partition coefficient (Wildman–Crippen LogP) is 0.196. The molecular formula is C14H17N5O3. The molecule has 3 heterocycles. The van der Waals surface area contributed by atoms with Crippen LogP contribution in [-0.2, 0) is 9.47 Å². The van der Waals surface area contributed by atoms with Crippen LogP contribution in [-0.4, -0.2) is 58.1 Å². The van der Waals surface area contributed by atoms with Crippen LogP contribution in [0.25, 0.3) is 5.82 Å². The Morgan fingerprint density at radius 2 is 2.23 bits per heavy atom. The van der Waals surface area contributed by atoms with E-state index in [9.17, 15) is 4.79 Å². The normalized spacial score (nSPS) is 21.5. The average Bonchev–Trinajstić information content (AvgIpc) is 3.10. The van der Waals surface area contributed by atoms with E-state index in [0.717, 1.165) is 6.42 Å². The van der Waals surface area contributed by atoms with E-state index >= 15 is 0 Å². The van der Waals surface area contributed by atoms with Crippen LogP contribution in [0.4, 0.5) is 0 Å². The van der Waals surface area contributed by atoms with Gasteiger partial charge in [0.25, 0.3) is 5.91 Å². The number of ether oxygens (including phenoxy) is 2. The molecule has 0 aliphatic carbocycles. The van der Waals surface area contributed by atoms with Crippen molar-refractivity contribution in [3.8, 4) is 5.82 Å². The van der Waals surface area contributed by atoms with Crippen molar-refractivity contribution in [2.24, 2.45) is 0 Å². The van der Waals surface area contributed by atoms with Gasteiger partial charge in [-0.05, 0) is 18.6 Å². The molecule has 0 bridgehead atoms. The maximum absolute atomic E-state index is 12.4. The van der Waals surface area contributed by atoms with E-state index < -0.39 is 0 Å². The third-order valence-electron chi connectivity index (χ3n) is 3.56. The van der Waals surface area contributed by atoms with Crippen LogP contribution in [0, 0.1) is 0 Å². The van der Waals surface area contributed by atoms with E-state index in [4.69, 9.17) is 9.47 Å². The number of pyridine rings is 1. The number of hydrogen-bond donors (Lipinski definition) is 1. The number of carbonyl (C=O) groups excluding carboxylic acids is 1. The van der Waals surface area contributed by atoms with Crippen LogP contribution in [0.3, 0.4) is 0 Å². The number of rotatable bonds is 4. The maximum atomic E-state index is 12.4. The van der Waals surface area contributed by atoms with E-state index in [1.54, 1.807) is 29.9 Å². The van der Waals surface area contributed by atoms with E-state index in [1.807, 2.05) is 0 Å². The van der Waals surface area contributed by atoms with Crippen LogP contribution >= 0.6 is 0 Å². The molecule has 2 aromatic rings. The molecule has 1 aliphatic rings. The fourth-order valence-corrected chi connectivity index (χ4v) is 2.39. The number of methoxy groups -OCH3 is 1. The molecule has 2 aromatic heterocycles. The average molecular weight is 303 g/mol. The Morgan fingerprint density at radius 1 is 1.41 bits per heavy atom. The smallest absolute Gasteiger partial charge is 0.270 e. The first-order chi connectivity index (χ1) is 10.8. The van der Waals surface area contributed by atoms with Crippen molar-refractivity contribution in [1.29, 1.82) is 0 Å². The highest BCUT2D eigenvalue weighted by molar-refractivity contribution is 5.92. The number of aromatic nitrogens is 4. The molecule has 0 unspecified atom stereocenters. The molecule has 1 fully saturated rings. The van der Waals surface area contributed by atoms with E-state index in [-0.39, 0.29) is 18.1 Å². The lowest BCUT2D eigenvalue weighted by Gasteiger charge is -2.30. The minimum atomic E-state index is -0.257. The van der Waals surface area contributed by atoms with Gasteiger partial charge in [0.15, 0.2) is 0 Å². The third-order valence-corrected chi connectivity index (χ3v) is 3.56. The Morgan fingerprint density at radius 3 is 3.00 bits per heavy atom. The molecule has 0 spiro atoms. The highest BCUT2D eigenvalue weighted by Crippen LogP contribution is 2.12. The summed E-state index contributed by atoms with van der Waals surface area (Å²) < 4.78 is 12.4. The minimum absolute atomic E-state index is 0.0428. The summed E-state index contributed by atoms with van der Waals surface area (Å²) in [5, 5.41) is 10.4. The lowest BCUT2D eigenvalue weighted by Crippen LogP contribution is -2.50. The zero-order valence-corrected chi connectivity index (χ0v) is 12.2. The zero-order valence-electron chi connectivity index (χ0n) is 12.2. The Labute approximate surface area is 127 Å². The predicted molar refractivity (Wildman–Crippen MR) is 76.6 cm³/mol. The summed E-state index contributed by atoms with van der Waals surface area (Å²) in [5.74, 6) is 0.327. The summed E-state index contributed by atoms with van der Waals surface area (Å²) in [6.07, 6.45) is 3.77. The summed E-state index contributed by atoms with van der Waals surface area (Å²) in [4.78, 5) is 16.7. The number of hydrogen-bond acceptors (Lipinski definition) is 6. The second kappa shape index (κ2) is 6.63. The standard InChI is InChI=1S/C14H17N5O3/c1-21-12-5-6-22-7-11(12)18-14(20)10-3-2-4-13(17-10)19-8-15-16-9-19/h2-4,8-9,11-12H,5-7H2,1H3,(H,18,20)/t11-,12-/m1/s1. The number of nitrogens with one attached hydrogen (secondary N) is 1. The second-order valence-electron chi connectivity index (χ2n) is 4.97. The fraction of sp³-hybridized carbons (Fsp3) is 0.429. The largest absolute Gasteiger partial charge is 0.379 e. The topological polar surface area (TPSA) is 91.2 Å². The van der Waals surface area contributed by atoms with Crippen molar-refractivity contribution in [1.82, 2.24) is 25.1 Å². The molecule has 0 radical (unpaired) electrons. The van der Waals surface area contributed by atoms with Gasteiger partial charge in [0, 0.05) is 13.7 Å². The summed E-state index contributed by atoms with van der Waals surface area (Å²) >= 11 is 0. The summed E-state index contributed by atoms with van der Waals surface area (Å²) in [6, 6.07) is 5.03. The number of amides is 1. The molecule has 22 heavy (non-hydrogen) atoms. The molecule has 8 nitrogen and oxygen atoms in total. The molecule has 0 saturated carbocycles. The second-order valence-corrected chi connectivity index (χ2v) is 4.97. The summed E-state index contributed by atoms with van der Waals surface area (Å²) in [5.41, 5.74) is 0.326. The van der Waals surface area contributed by atoms with Gasteiger partial charge in [-0.2, -0.15) is 0 Å². The highest BCUT2D eigenvalue weighted by atomic mass is 16.5. The highest BCUT2D eigenvalue weighted by Gasteiger charge is 2.27. The monoisotopic (exact) mass is 303 g/mol. The van der Waals surface area contributed by atoms with Gasteiger partial charge in [-0.15, -0.1) is 10.2 Å². The summed E-state index contributed by atoms with van der Waals surface area (Å²) in [7, 11) is 1.64. The van der Waals surface area contributed by atoms with Crippen LogP contribution in [0.15, 0.2) is 30.9 Å². The molecule has 1 N–H and O–H groups in total. The van der Waals surface area contributed by atoms with Crippen LogP contribution in [0.2, 0.25) is 0 Å². The Balaban J connectivity index is 1.73. The van der Waals surface area contributed by atoms with Gasteiger partial charge < -0.3 is 14.8 Å². The van der Waals surface area contributed by atoms with Gasteiger partial charge in [-0.25, -0.2) is 4.98 Å². The first-order valence-electron chi connectivity index (χ1n) is 7.01. The number of carbonyl (C=O) groups is 1. The quantitative estimate of drug-likeness (QED) is 0.867.